The Kier molecular flexibility index (Phi) is 7.17. The first-order valence-electron chi connectivity index (χ1n) is 11.4. The molecule has 0 aliphatic rings. The molecule has 182 valence electrons. The number of methoxy groups -OCH3 is 1. The lowest BCUT2D eigenvalue weighted by Crippen LogP contribution is -2.29. The van der Waals surface area contributed by atoms with Gasteiger partial charge in [-0.25, -0.2) is 9.97 Å². The van der Waals surface area contributed by atoms with Gasteiger partial charge in [0, 0.05) is 56.1 Å². The van der Waals surface area contributed by atoms with Crippen LogP contribution in [-0.2, 0) is 4.79 Å². The minimum atomic E-state index is -0.127. The van der Waals surface area contributed by atoms with Gasteiger partial charge in [0.1, 0.15) is 5.75 Å². The third-order valence-corrected chi connectivity index (χ3v) is 5.69. The van der Waals surface area contributed by atoms with E-state index >= 15 is 0 Å². The Morgan fingerprint density at radius 1 is 1.11 bits per heavy atom. The van der Waals surface area contributed by atoms with Gasteiger partial charge in [0.2, 0.25) is 11.9 Å². The molecule has 0 spiro atoms. The molecule has 0 saturated carbocycles. The zero-order valence-electron chi connectivity index (χ0n) is 20.7. The predicted molar refractivity (Wildman–Crippen MR) is 142 cm³/mol. The van der Waals surface area contributed by atoms with Crippen molar-refractivity contribution in [2.24, 2.45) is 0 Å². The van der Waals surface area contributed by atoms with Crippen molar-refractivity contribution >= 4 is 39.8 Å². The summed E-state index contributed by atoms with van der Waals surface area (Å²) >= 11 is 0. The number of nitrogens with one attached hydrogen (secondary N) is 3. The summed E-state index contributed by atoms with van der Waals surface area (Å²) in [5.41, 5.74) is 5.10. The molecule has 1 amide bonds. The zero-order valence-corrected chi connectivity index (χ0v) is 20.7. The van der Waals surface area contributed by atoms with Crippen LogP contribution in [0.25, 0.3) is 22.2 Å². The van der Waals surface area contributed by atoms with Gasteiger partial charge in [-0.1, -0.05) is 12.1 Å². The molecule has 35 heavy (non-hydrogen) atoms. The van der Waals surface area contributed by atoms with Gasteiger partial charge in [0.05, 0.1) is 29.7 Å². The van der Waals surface area contributed by atoms with E-state index in [4.69, 9.17) is 9.72 Å². The number of nitrogens with zero attached hydrogens (tertiary/aromatic N) is 4. The summed E-state index contributed by atoms with van der Waals surface area (Å²) in [4.78, 5) is 28.5. The number of fused-ring (bicyclic) bond motifs is 1. The molecule has 0 aliphatic heterocycles. The molecule has 3 N–H and O–H groups in total. The maximum atomic E-state index is 11.9. The van der Waals surface area contributed by atoms with E-state index in [0.717, 1.165) is 58.1 Å². The molecule has 0 saturated heterocycles. The Labute approximate surface area is 205 Å². The number of anilines is 4. The smallest absolute Gasteiger partial charge is 0.227 e. The van der Waals surface area contributed by atoms with Crippen molar-refractivity contribution in [1.29, 1.82) is 0 Å². The first-order valence-corrected chi connectivity index (χ1v) is 11.4. The fourth-order valence-electron chi connectivity index (χ4n) is 3.91. The number of hydrogen-bond acceptors (Lipinski definition) is 7. The molecule has 2 aromatic carbocycles. The Morgan fingerprint density at radius 2 is 1.94 bits per heavy atom. The number of amides is 1. The minimum Gasteiger partial charge on any atom is -0.495 e. The summed E-state index contributed by atoms with van der Waals surface area (Å²) < 4.78 is 5.46. The van der Waals surface area contributed by atoms with Gasteiger partial charge in [-0.2, -0.15) is 0 Å². The third-order valence-electron chi connectivity index (χ3n) is 5.69. The highest BCUT2D eigenvalue weighted by molar-refractivity contribution is 5.98. The standard InChI is InChI=1S/C26H31N7O2/c1-17(34)29-22-15-18(9-10-23(22)33(4)14-13-32(2)3)30-26-27-12-11-21(31-26)20-16-28-25-19(20)7-6-8-24(25)35-5/h6-12,15-16,28H,13-14H2,1-5H3,(H,29,34)(H,27,30,31). The van der Waals surface area contributed by atoms with Crippen LogP contribution >= 0.6 is 0 Å². The fraction of sp³-hybridized carbons (Fsp3) is 0.269. The number of benzene rings is 2. The van der Waals surface area contributed by atoms with Crippen LogP contribution in [0.1, 0.15) is 6.92 Å². The van der Waals surface area contributed by atoms with Crippen LogP contribution in [-0.4, -0.2) is 67.1 Å². The molecule has 0 aliphatic carbocycles. The molecule has 2 heterocycles. The minimum absolute atomic E-state index is 0.127. The number of likely N-dealkylation sites (N-methyl/N-ethyl adjacent to an activating group) is 2. The number of hydrogen-bond donors (Lipinski definition) is 3. The van der Waals surface area contributed by atoms with Crippen LogP contribution in [0.3, 0.4) is 0 Å². The van der Waals surface area contributed by atoms with E-state index in [2.05, 4.69) is 30.4 Å². The van der Waals surface area contributed by atoms with Gasteiger partial charge < -0.3 is 30.2 Å². The SMILES string of the molecule is COc1cccc2c(-c3ccnc(Nc4ccc(N(C)CCN(C)C)c(NC(C)=O)c4)n3)c[nH]c12. The first-order chi connectivity index (χ1) is 16.9. The van der Waals surface area contributed by atoms with E-state index in [9.17, 15) is 4.79 Å². The van der Waals surface area contributed by atoms with Crippen LogP contribution in [0, 0.1) is 0 Å². The lowest BCUT2D eigenvalue weighted by atomic mass is 10.1. The molecular weight excluding hydrogens is 442 g/mol. The number of carbonyl (C=O) groups is 1. The number of H-pyrrole nitrogens is 1. The number of aromatic amines is 1. The lowest BCUT2D eigenvalue weighted by molar-refractivity contribution is -0.114. The van der Waals surface area contributed by atoms with Crippen molar-refractivity contribution in [3.63, 3.8) is 0 Å². The number of carbonyl (C=O) groups excluding carboxylic acids is 1. The van der Waals surface area contributed by atoms with E-state index in [0.29, 0.717) is 5.95 Å². The molecule has 9 nitrogen and oxygen atoms in total. The molecule has 9 heteroatoms. The second kappa shape index (κ2) is 10.4. The Bertz CT molecular complexity index is 1330. The van der Waals surface area contributed by atoms with E-state index in [1.54, 1.807) is 13.3 Å². The average molecular weight is 474 g/mol. The van der Waals surface area contributed by atoms with Gasteiger partial charge >= 0.3 is 0 Å². The molecule has 4 aromatic rings. The fourth-order valence-corrected chi connectivity index (χ4v) is 3.91. The van der Waals surface area contributed by atoms with E-state index in [-0.39, 0.29) is 5.91 Å². The maximum Gasteiger partial charge on any atom is 0.227 e. The van der Waals surface area contributed by atoms with Crippen molar-refractivity contribution < 1.29 is 9.53 Å². The van der Waals surface area contributed by atoms with Crippen LogP contribution < -0.4 is 20.3 Å². The van der Waals surface area contributed by atoms with Crippen molar-refractivity contribution in [2.45, 2.75) is 6.92 Å². The summed E-state index contributed by atoms with van der Waals surface area (Å²) in [7, 11) is 7.75. The molecule has 0 radical (unpaired) electrons. The molecule has 4 rings (SSSR count). The summed E-state index contributed by atoms with van der Waals surface area (Å²) in [5, 5.41) is 7.23. The highest BCUT2D eigenvalue weighted by Gasteiger charge is 2.13. The average Bonchev–Trinajstić information content (AvgIpc) is 3.27. The highest BCUT2D eigenvalue weighted by Crippen LogP contribution is 2.33. The molecule has 0 atom stereocenters. The topological polar surface area (TPSA) is 98.4 Å². The molecule has 2 aromatic heterocycles. The third kappa shape index (κ3) is 5.52. The van der Waals surface area contributed by atoms with Gasteiger partial charge in [-0.3, -0.25) is 4.79 Å². The predicted octanol–water partition coefficient (Wildman–Crippen LogP) is 4.33. The van der Waals surface area contributed by atoms with Gasteiger partial charge in [-0.05, 0) is 44.4 Å². The number of ether oxygens (including phenoxy) is 1. The van der Waals surface area contributed by atoms with Crippen LogP contribution in [0.15, 0.2) is 54.9 Å². The van der Waals surface area contributed by atoms with Crippen molar-refractivity contribution in [3.05, 3.63) is 54.9 Å². The Balaban J connectivity index is 1.61. The molecular formula is C26H31N7O2. The molecule has 0 fully saturated rings. The van der Waals surface area contributed by atoms with Crippen molar-refractivity contribution in [1.82, 2.24) is 19.9 Å². The zero-order chi connectivity index (χ0) is 24.9. The Hall–Kier alpha value is -4.11. The van der Waals surface area contributed by atoms with E-state index in [1.807, 2.05) is 69.8 Å². The lowest BCUT2D eigenvalue weighted by Gasteiger charge is -2.24. The van der Waals surface area contributed by atoms with Crippen LogP contribution in [0.5, 0.6) is 5.75 Å². The normalized spacial score (nSPS) is 11.0. The number of aromatic nitrogens is 3. The first kappa shape index (κ1) is 24.0. The van der Waals surface area contributed by atoms with Gasteiger partial charge in [0.15, 0.2) is 0 Å². The second-order valence-electron chi connectivity index (χ2n) is 8.61. The highest BCUT2D eigenvalue weighted by atomic mass is 16.5. The summed E-state index contributed by atoms with van der Waals surface area (Å²) in [6.45, 7) is 3.23. The summed E-state index contributed by atoms with van der Waals surface area (Å²) in [5.74, 6) is 1.11. The van der Waals surface area contributed by atoms with Crippen LogP contribution in [0.2, 0.25) is 0 Å². The summed E-state index contributed by atoms with van der Waals surface area (Å²) in [6, 6.07) is 13.6. The van der Waals surface area contributed by atoms with Gasteiger partial charge in [0.25, 0.3) is 0 Å². The number of para-hydroxylation sites is 1. The van der Waals surface area contributed by atoms with Crippen molar-refractivity contribution in [2.75, 3.05) is 56.9 Å². The maximum absolute atomic E-state index is 11.9. The molecule has 0 bridgehead atoms. The quantitative estimate of drug-likeness (QED) is 0.333. The van der Waals surface area contributed by atoms with Gasteiger partial charge in [-0.15, -0.1) is 0 Å². The monoisotopic (exact) mass is 473 g/mol. The summed E-state index contributed by atoms with van der Waals surface area (Å²) in [6.07, 6.45) is 3.65. The van der Waals surface area contributed by atoms with E-state index < -0.39 is 0 Å². The second-order valence-corrected chi connectivity index (χ2v) is 8.61. The largest absolute Gasteiger partial charge is 0.495 e. The molecule has 0 unspecified atom stereocenters. The van der Waals surface area contributed by atoms with Crippen molar-refractivity contribution in [3.8, 4) is 17.0 Å². The van der Waals surface area contributed by atoms with Crippen LogP contribution in [0.4, 0.5) is 23.0 Å². The number of rotatable bonds is 9. The Morgan fingerprint density at radius 3 is 2.69 bits per heavy atom. The van der Waals surface area contributed by atoms with E-state index in [1.165, 1.54) is 6.92 Å².